The van der Waals surface area contributed by atoms with Crippen molar-refractivity contribution < 1.29 is 9.53 Å². The highest BCUT2D eigenvalue weighted by Gasteiger charge is 2.44. The molecule has 1 heterocycles. The summed E-state index contributed by atoms with van der Waals surface area (Å²) in [6.07, 6.45) is 1.12. The minimum atomic E-state index is -0.752. The third-order valence-corrected chi connectivity index (χ3v) is 4.83. The number of benzene rings is 1. The molecule has 0 atom stereocenters. The van der Waals surface area contributed by atoms with Crippen LogP contribution >= 0.6 is 28.1 Å². The molecule has 2 N–H and O–H groups in total. The Balaban J connectivity index is 2.13. The van der Waals surface area contributed by atoms with Crippen molar-refractivity contribution in [2.45, 2.75) is 19.4 Å². The van der Waals surface area contributed by atoms with Gasteiger partial charge >= 0.3 is 0 Å². The fourth-order valence-corrected chi connectivity index (χ4v) is 3.14. The van der Waals surface area contributed by atoms with Crippen molar-refractivity contribution in [2.75, 3.05) is 20.3 Å². The van der Waals surface area contributed by atoms with Crippen molar-refractivity contribution in [2.24, 2.45) is 11.1 Å². The van der Waals surface area contributed by atoms with Crippen LogP contribution in [0.15, 0.2) is 28.7 Å². The summed E-state index contributed by atoms with van der Waals surface area (Å²) in [6.45, 7) is 1.59. The van der Waals surface area contributed by atoms with Gasteiger partial charge in [0.1, 0.15) is 5.41 Å². The molecule has 6 heteroatoms. The zero-order valence-corrected chi connectivity index (χ0v) is 14.4. The molecule has 0 radical (unpaired) electrons. The van der Waals surface area contributed by atoms with E-state index >= 15 is 0 Å². The summed E-state index contributed by atoms with van der Waals surface area (Å²) in [5.41, 5.74) is 6.19. The number of rotatable bonds is 4. The highest BCUT2D eigenvalue weighted by molar-refractivity contribution is 9.10. The Kier molecular flexibility index (Phi) is 5.35. The molecule has 1 aliphatic heterocycles. The fourth-order valence-electron chi connectivity index (χ4n) is 2.59. The summed E-state index contributed by atoms with van der Waals surface area (Å²) in [4.78, 5) is 14.8. The van der Waals surface area contributed by atoms with Gasteiger partial charge in [0.15, 0.2) is 0 Å². The lowest BCUT2D eigenvalue weighted by atomic mass is 9.78. The van der Waals surface area contributed by atoms with Gasteiger partial charge in [-0.2, -0.15) is 0 Å². The lowest BCUT2D eigenvalue weighted by Gasteiger charge is -2.37. The van der Waals surface area contributed by atoms with Crippen molar-refractivity contribution in [3.05, 3.63) is 34.3 Å². The lowest BCUT2D eigenvalue weighted by molar-refractivity contribution is -0.141. The van der Waals surface area contributed by atoms with Crippen molar-refractivity contribution in [1.29, 1.82) is 0 Å². The highest BCUT2D eigenvalue weighted by atomic mass is 79.9. The number of nitrogens with zero attached hydrogens (tertiary/aromatic N) is 1. The molecule has 1 amide bonds. The maximum absolute atomic E-state index is 12.8. The molecule has 114 valence electrons. The number of thiocarbonyl (C=S) groups is 1. The zero-order chi connectivity index (χ0) is 15.5. The Bertz CT molecular complexity index is 527. The first-order valence-corrected chi connectivity index (χ1v) is 8.03. The third kappa shape index (κ3) is 3.62. The van der Waals surface area contributed by atoms with E-state index in [1.165, 1.54) is 0 Å². The summed E-state index contributed by atoms with van der Waals surface area (Å²) in [6, 6.07) is 7.91. The van der Waals surface area contributed by atoms with Gasteiger partial charge in [0.2, 0.25) is 5.91 Å². The molecule has 21 heavy (non-hydrogen) atoms. The van der Waals surface area contributed by atoms with Crippen LogP contribution in [0, 0.1) is 5.41 Å². The van der Waals surface area contributed by atoms with E-state index in [1.54, 1.807) is 11.9 Å². The van der Waals surface area contributed by atoms with Crippen molar-refractivity contribution in [3.63, 3.8) is 0 Å². The van der Waals surface area contributed by atoms with Gasteiger partial charge < -0.3 is 15.4 Å². The molecule has 1 saturated heterocycles. The summed E-state index contributed by atoms with van der Waals surface area (Å²) < 4.78 is 6.36. The van der Waals surface area contributed by atoms with Crippen LogP contribution < -0.4 is 5.73 Å². The van der Waals surface area contributed by atoms with E-state index in [0.29, 0.717) is 32.6 Å². The van der Waals surface area contributed by atoms with Crippen LogP contribution in [0.2, 0.25) is 0 Å². The van der Waals surface area contributed by atoms with Crippen molar-refractivity contribution >= 4 is 39.0 Å². The largest absolute Gasteiger partial charge is 0.392 e. The lowest BCUT2D eigenvalue weighted by Crippen LogP contribution is -2.52. The van der Waals surface area contributed by atoms with Gasteiger partial charge in [0, 0.05) is 31.3 Å². The smallest absolute Gasteiger partial charge is 0.235 e. The average Bonchev–Trinajstić information content (AvgIpc) is 2.49. The molecule has 0 spiro atoms. The number of hydrogen-bond acceptors (Lipinski definition) is 3. The zero-order valence-electron chi connectivity index (χ0n) is 12.0. The monoisotopic (exact) mass is 370 g/mol. The number of halogens is 1. The minimum Gasteiger partial charge on any atom is -0.392 e. The first-order chi connectivity index (χ1) is 9.95. The van der Waals surface area contributed by atoms with E-state index in [-0.39, 0.29) is 10.9 Å². The molecule has 1 aromatic rings. The second kappa shape index (κ2) is 6.85. The average molecular weight is 371 g/mol. The molecular formula is C15H19BrN2O2S. The van der Waals surface area contributed by atoms with Crippen LogP contribution in [0.4, 0.5) is 0 Å². The van der Waals surface area contributed by atoms with E-state index in [9.17, 15) is 4.79 Å². The minimum absolute atomic E-state index is 0.0128. The molecule has 0 bridgehead atoms. The van der Waals surface area contributed by atoms with Gasteiger partial charge in [0.25, 0.3) is 0 Å². The molecule has 0 aliphatic carbocycles. The Hall–Kier alpha value is -0.980. The Labute approximate surface area is 138 Å². The highest BCUT2D eigenvalue weighted by Crippen LogP contribution is 2.33. The second-order valence-corrected chi connectivity index (χ2v) is 6.70. The Morgan fingerprint density at radius 3 is 2.48 bits per heavy atom. The van der Waals surface area contributed by atoms with Gasteiger partial charge in [-0.05, 0) is 30.5 Å². The molecule has 0 saturated carbocycles. The van der Waals surface area contributed by atoms with Gasteiger partial charge in [-0.3, -0.25) is 4.79 Å². The Morgan fingerprint density at radius 2 is 1.95 bits per heavy atom. The third-order valence-electron chi connectivity index (χ3n) is 3.91. The van der Waals surface area contributed by atoms with Gasteiger partial charge in [-0.25, -0.2) is 0 Å². The van der Waals surface area contributed by atoms with Crippen LogP contribution in [0.5, 0.6) is 0 Å². The van der Waals surface area contributed by atoms with E-state index < -0.39 is 5.41 Å². The summed E-state index contributed by atoms with van der Waals surface area (Å²) in [5, 5.41) is 0. The van der Waals surface area contributed by atoms with Gasteiger partial charge in [-0.1, -0.05) is 40.3 Å². The molecule has 2 rings (SSSR count). The number of hydrogen-bond donors (Lipinski definition) is 1. The summed E-state index contributed by atoms with van der Waals surface area (Å²) in [7, 11) is 1.79. The van der Waals surface area contributed by atoms with E-state index in [2.05, 4.69) is 15.9 Å². The summed E-state index contributed by atoms with van der Waals surface area (Å²) in [5.74, 6) is -0.0128. The second-order valence-electron chi connectivity index (χ2n) is 5.35. The molecular weight excluding hydrogens is 352 g/mol. The SMILES string of the molecule is CN(Cc1ccc(Br)cc1)C(=O)C1(C(N)=S)CCOCC1. The van der Waals surface area contributed by atoms with Crippen molar-refractivity contribution in [3.8, 4) is 0 Å². The quantitative estimate of drug-likeness (QED) is 0.827. The van der Waals surface area contributed by atoms with E-state index in [0.717, 1.165) is 10.0 Å². The maximum Gasteiger partial charge on any atom is 0.235 e. The normalized spacial score (nSPS) is 17.2. The standard InChI is InChI=1S/C15H19BrN2O2S/c1-18(10-11-2-4-12(16)5-3-11)14(19)15(13(17)21)6-8-20-9-7-15/h2-5H,6-10H2,1H3,(H2,17,21). The van der Waals surface area contributed by atoms with Gasteiger partial charge in [-0.15, -0.1) is 0 Å². The van der Waals surface area contributed by atoms with E-state index in [1.807, 2.05) is 24.3 Å². The number of carbonyl (C=O) groups is 1. The van der Waals surface area contributed by atoms with Crippen LogP contribution in [0.25, 0.3) is 0 Å². The van der Waals surface area contributed by atoms with E-state index in [4.69, 9.17) is 22.7 Å². The molecule has 1 aliphatic rings. The first-order valence-electron chi connectivity index (χ1n) is 6.83. The molecule has 1 fully saturated rings. The van der Waals surface area contributed by atoms with Crippen LogP contribution in [-0.4, -0.2) is 36.1 Å². The number of ether oxygens (including phenoxy) is 1. The van der Waals surface area contributed by atoms with Crippen LogP contribution in [0.3, 0.4) is 0 Å². The number of nitrogens with two attached hydrogens (primary N) is 1. The number of amides is 1. The molecule has 4 nitrogen and oxygen atoms in total. The van der Waals surface area contributed by atoms with Gasteiger partial charge in [0.05, 0.1) is 4.99 Å². The Morgan fingerprint density at radius 1 is 1.38 bits per heavy atom. The predicted octanol–water partition coefficient (Wildman–Crippen LogP) is 2.49. The molecule has 0 aromatic heterocycles. The first kappa shape index (κ1) is 16.4. The predicted molar refractivity (Wildman–Crippen MR) is 89.9 cm³/mol. The molecule has 1 aromatic carbocycles. The fraction of sp³-hybridized carbons (Fsp3) is 0.467. The maximum atomic E-state index is 12.8. The number of carbonyl (C=O) groups excluding carboxylic acids is 1. The van der Waals surface area contributed by atoms with Crippen LogP contribution in [-0.2, 0) is 16.1 Å². The summed E-state index contributed by atoms with van der Waals surface area (Å²) >= 11 is 8.58. The van der Waals surface area contributed by atoms with Crippen LogP contribution in [0.1, 0.15) is 18.4 Å². The molecule has 0 unspecified atom stereocenters. The topological polar surface area (TPSA) is 55.6 Å². The van der Waals surface area contributed by atoms with Crippen molar-refractivity contribution in [1.82, 2.24) is 4.90 Å².